The number of ether oxygens (including phenoxy) is 1. The highest BCUT2D eigenvalue weighted by Crippen LogP contribution is 2.38. The molecule has 1 saturated carbocycles. The van der Waals surface area contributed by atoms with Crippen LogP contribution in [-0.2, 0) is 14.3 Å². The molecular weight excluding hydrogens is 246 g/mol. The maximum absolute atomic E-state index is 12.3. The van der Waals surface area contributed by atoms with Gasteiger partial charge in [-0.15, -0.1) is 0 Å². The first-order valence-electron chi connectivity index (χ1n) is 6.98. The fraction of sp³-hybridized carbons (Fsp3) is 0.857. The molecule has 0 radical (unpaired) electrons. The van der Waals surface area contributed by atoms with Crippen molar-refractivity contribution in [1.29, 1.82) is 0 Å². The first-order valence-corrected chi connectivity index (χ1v) is 6.98. The smallest absolute Gasteiger partial charge is 0.331 e. The number of carbonyl (C=O) groups is 2. The van der Waals surface area contributed by atoms with E-state index in [1.165, 1.54) is 0 Å². The number of nitrogens with one attached hydrogen (secondary N) is 1. The Hall–Kier alpha value is -1.10. The lowest BCUT2D eigenvalue weighted by molar-refractivity contribution is -0.148. The molecule has 1 amide bonds. The Labute approximate surface area is 113 Å². The molecule has 5 heteroatoms. The van der Waals surface area contributed by atoms with Crippen LogP contribution in [0.3, 0.4) is 0 Å². The number of carbonyl (C=O) groups excluding carboxylic acids is 1. The van der Waals surface area contributed by atoms with Crippen molar-refractivity contribution in [3.05, 3.63) is 0 Å². The number of hydrogen-bond acceptors (Lipinski definition) is 3. The van der Waals surface area contributed by atoms with Crippen molar-refractivity contribution in [3.8, 4) is 0 Å². The lowest BCUT2D eigenvalue weighted by Gasteiger charge is -2.36. The van der Waals surface area contributed by atoms with E-state index >= 15 is 0 Å². The molecular formula is C14H23NO4. The number of rotatable bonds is 3. The number of hydrogen-bond donors (Lipinski definition) is 2. The lowest BCUT2D eigenvalue weighted by Crippen LogP contribution is -2.57. The van der Waals surface area contributed by atoms with Crippen LogP contribution in [0.1, 0.15) is 46.0 Å². The molecule has 5 nitrogen and oxygen atoms in total. The monoisotopic (exact) mass is 269 g/mol. The Morgan fingerprint density at radius 3 is 2.58 bits per heavy atom. The van der Waals surface area contributed by atoms with Gasteiger partial charge in [0.15, 0.2) is 5.54 Å². The molecule has 0 aromatic carbocycles. The second kappa shape index (κ2) is 5.12. The zero-order chi connectivity index (χ0) is 14.1. The van der Waals surface area contributed by atoms with Crippen molar-refractivity contribution in [2.24, 2.45) is 11.3 Å². The molecule has 0 aromatic heterocycles. The number of amides is 1. The minimum atomic E-state index is -1.21. The maximum atomic E-state index is 12.3. The van der Waals surface area contributed by atoms with Crippen molar-refractivity contribution in [3.63, 3.8) is 0 Å². The first-order chi connectivity index (χ1) is 8.85. The summed E-state index contributed by atoms with van der Waals surface area (Å²) in [5.41, 5.74) is -1.04. The summed E-state index contributed by atoms with van der Waals surface area (Å²) < 4.78 is 5.16. The summed E-state index contributed by atoms with van der Waals surface area (Å²) in [6.07, 6.45) is 4.19. The average Bonchev–Trinajstić information content (AvgIpc) is 2.77. The number of aliphatic carboxylic acids is 1. The molecule has 2 rings (SSSR count). The van der Waals surface area contributed by atoms with Gasteiger partial charge < -0.3 is 15.2 Å². The van der Waals surface area contributed by atoms with Gasteiger partial charge in [-0.1, -0.05) is 20.3 Å². The minimum absolute atomic E-state index is 0.0689. The summed E-state index contributed by atoms with van der Waals surface area (Å²) in [5, 5.41) is 12.1. The molecule has 0 spiro atoms. The lowest BCUT2D eigenvalue weighted by atomic mass is 9.72. The second-order valence-electron chi connectivity index (χ2n) is 6.64. The SMILES string of the molecule is CC1(C)CCCC(C(=O)NC2(C(=O)O)CCOC2)C1. The van der Waals surface area contributed by atoms with Gasteiger partial charge in [0.25, 0.3) is 0 Å². The van der Waals surface area contributed by atoms with Gasteiger partial charge in [0, 0.05) is 18.9 Å². The van der Waals surface area contributed by atoms with E-state index < -0.39 is 11.5 Å². The molecule has 108 valence electrons. The molecule has 2 N–H and O–H groups in total. The van der Waals surface area contributed by atoms with Gasteiger partial charge in [-0.2, -0.15) is 0 Å². The zero-order valence-electron chi connectivity index (χ0n) is 11.7. The van der Waals surface area contributed by atoms with E-state index in [0.29, 0.717) is 13.0 Å². The molecule has 2 atom stereocenters. The molecule has 0 bridgehead atoms. The summed E-state index contributed by atoms with van der Waals surface area (Å²) in [6, 6.07) is 0. The molecule has 1 heterocycles. The van der Waals surface area contributed by atoms with Crippen molar-refractivity contribution in [1.82, 2.24) is 5.32 Å². The van der Waals surface area contributed by atoms with Gasteiger partial charge in [-0.3, -0.25) is 4.79 Å². The molecule has 1 aliphatic carbocycles. The van der Waals surface area contributed by atoms with Crippen molar-refractivity contribution in [2.45, 2.75) is 51.5 Å². The van der Waals surface area contributed by atoms with Gasteiger partial charge >= 0.3 is 5.97 Å². The van der Waals surface area contributed by atoms with Crippen LogP contribution in [0.5, 0.6) is 0 Å². The van der Waals surface area contributed by atoms with Crippen LogP contribution in [-0.4, -0.2) is 35.7 Å². The van der Waals surface area contributed by atoms with Crippen LogP contribution in [0, 0.1) is 11.3 Å². The van der Waals surface area contributed by atoms with Crippen molar-refractivity contribution in [2.75, 3.05) is 13.2 Å². The van der Waals surface area contributed by atoms with Crippen LogP contribution >= 0.6 is 0 Å². The average molecular weight is 269 g/mol. The summed E-state index contributed by atoms with van der Waals surface area (Å²) in [6.45, 7) is 4.79. The van der Waals surface area contributed by atoms with E-state index in [9.17, 15) is 14.7 Å². The van der Waals surface area contributed by atoms with Crippen LogP contribution in [0.4, 0.5) is 0 Å². The standard InChI is InChI=1S/C14H23NO4/c1-13(2)5-3-4-10(8-13)11(16)15-14(12(17)18)6-7-19-9-14/h10H,3-9H2,1-2H3,(H,15,16)(H,17,18). The van der Waals surface area contributed by atoms with Crippen molar-refractivity contribution >= 4 is 11.9 Å². The molecule has 0 aromatic rings. The van der Waals surface area contributed by atoms with Crippen LogP contribution in [0.25, 0.3) is 0 Å². The summed E-state index contributed by atoms with van der Waals surface area (Å²) in [4.78, 5) is 23.7. The normalized spacial score (nSPS) is 33.9. The fourth-order valence-corrected chi connectivity index (χ4v) is 3.15. The molecule has 2 aliphatic rings. The van der Waals surface area contributed by atoms with Gasteiger partial charge in [0.05, 0.1) is 6.61 Å². The van der Waals surface area contributed by atoms with Gasteiger partial charge in [-0.25, -0.2) is 4.79 Å². The van der Waals surface area contributed by atoms with E-state index in [0.717, 1.165) is 25.7 Å². The Balaban J connectivity index is 2.02. The van der Waals surface area contributed by atoms with Crippen molar-refractivity contribution < 1.29 is 19.4 Å². The topological polar surface area (TPSA) is 75.6 Å². The predicted molar refractivity (Wildman–Crippen MR) is 69.7 cm³/mol. The van der Waals surface area contributed by atoms with E-state index in [2.05, 4.69) is 19.2 Å². The van der Waals surface area contributed by atoms with E-state index in [1.54, 1.807) is 0 Å². The maximum Gasteiger partial charge on any atom is 0.331 e. The zero-order valence-corrected chi connectivity index (χ0v) is 11.7. The van der Waals surface area contributed by atoms with Gasteiger partial charge in [0.2, 0.25) is 5.91 Å². The fourth-order valence-electron chi connectivity index (χ4n) is 3.15. The molecule has 1 saturated heterocycles. The van der Waals surface area contributed by atoms with Gasteiger partial charge in [0.1, 0.15) is 0 Å². The highest BCUT2D eigenvalue weighted by atomic mass is 16.5. The van der Waals surface area contributed by atoms with Crippen LogP contribution in [0.2, 0.25) is 0 Å². The number of carboxylic acid groups (broad SMARTS) is 1. The third-order valence-electron chi connectivity index (χ3n) is 4.37. The molecule has 1 aliphatic heterocycles. The summed E-state index contributed by atoms with van der Waals surface area (Å²) in [7, 11) is 0. The highest BCUT2D eigenvalue weighted by molar-refractivity contribution is 5.88. The Morgan fingerprint density at radius 2 is 2.05 bits per heavy atom. The van der Waals surface area contributed by atoms with E-state index in [1.807, 2.05) is 0 Å². The molecule has 19 heavy (non-hydrogen) atoms. The quantitative estimate of drug-likeness (QED) is 0.815. The largest absolute Gasteiger partial charge is 0.479 e. The Morgan fingerprint density at radius 1 is 1.32 bits per heavy atom. The summed E-state index contributed by atoms with van der Waals surface area (Å²) >= 11 is 0. The Kier molecular flexibility index (Phi) is 3.85. The molecule has 2 unspecified atom stereocenters. The van der Waals surface area contributed by atoms with Gasteiger partial charge in [-0.05, 0) is 24.7 Å². The molecule has 2 fully saturated rings. The predicted octanol–water partition coefficient (Wildman–Crippen LogP) is 1.56. The third kappa shape index (κ3) is 3.08. The van der Waals surface area contributed by atoms with Crippen LogP contribution < -0.4 is 5.32 Å². The first kappa shape index (κ1) is 14.3. The second-order valence-corrected chi connectivity index (χ2v) is 6.64. The number of carboxylic acids is 1. The van der Waals surface area contributed by atoms with E-state index in [4.69, 9.17) is 4.74 Å². The minimum Gasteiger partial charge on any atom is -0.479 e. The summed E-state index contributed by atoms with van der Waals surface area (Å²) in [5.74, 6) is -1.19. The Bertz CT molecular complexity index is 372. The highest BCUT2D eigenvalue weighted by Gasteiger charge is 2.45. The third-order valence-corrected chi connectivity index (χ3v) is 4.37. The van der Waals surface area contributed by atoms with E-state index in [-0.39, 0.29) is 23.8 Å². The van der Waals surface area contributed by atoms with Crippen LogP contribution in [0.15, 0.2) is 0 Å².